The van der Waals surface area contributed by atoms with Crippen LogP contribution in [0.25, 0.3) is 0 Å². The lowest BCUT2D eigenvalue weighted by atomic mass is 9.89. The van der Waals surface area contributed by atoms with Crippen molar-refractivity contribution in [1.29, 1.82) is 0 Å². The Bertz CT molecular complexity index is 744. The van der Waals surface area contributed by atoms with Gasteiger partial charge < -0.3 is 14.6 Å². The molecular formula is C19H30O5. The molecule has 1 aliphatic rings. The first-order valence-electron chi connectivity index (χ1n) is 12.1. The summed E-state index contributed by atoms with van der Waals surface area (Å²) in [5.74, 6) is -3.58. The van der Waals surface area contributed by atoms with Crippen molar-refractivity contribution in [2.75, 3.05) is 20.7 Å². The minimum atomic E-state index is -3.06. The largest absolute Gasteiger partial charge is 0.489 e. The molecular weight excluding hydrogens is 308 g/mol. The highest BCUT2D eigenvalue weighted by atomic mass is 16.5. The molecule has 0 aromatic heterocycles. The van der Waals surface area contributed by atoms with E-state index >= 15 is 0 Å². The maximum Gasteiger partial charge on any atom is 0.228 e. The second-order valence-corrected chi connectivity index (χ2v) is 5.61. The number of methoxy groups -OCH3 is 2. The topological polar surface area (TPSA) is 72.8 Å². The van der Waals surface area contributed by atoms with Crippen molar-refractivity contribution in [3.63, 3.8) is 0 Å². The molecule has 0 unspecified atom stereocenters. The monoisotopic (exact) mass is 346 g/mol. The Balaban J connectivity index is 2.78. The minimum Gasteiger partial charge on any atom is -0.489 e. The molecule has 24 heavy (non-hydrogen) atoms. The Morgan fingerprint density at radius 2 is 1.50 bits per heavy atom. The van der Waals surface area contributed by atoms with Gasteiger partial charge in [-0.2, -0.15) is 0 Å². The first-order chi connectivity index (χ1) is 14.6. The molecule has 1 aliphatic carbocycles. The number of carbonyl (C=O) groups excluding carboxylic acids is 2. The van der Waals surface area contributed by atoms with Crippen LogP contribution in [-0.2, 0) is 19.1 Å². The zero-order valence-corrected chi connectivity index (χ0v) is 13.9. The number of ketones is 2. The first kappa shape index (κ1) is 11.1. The molecule has 1 N–H and O–H groups in total. The summed E-state index contributed by atoms with van der Waals surface area (Å²) < 4.78 is 68.2. The molecule has 0 bridgehead atoms. The molecule has 0 saturated heterocycles. The SMILES string of the molecule is [2H]C([2H])(O)CCCCCCCCCC1=C(C([2H])([2H])[2H])C(=O)C(OC([2H])([2H])[2H])=C(OC)C1=O. The van der Waals surface area contributed by atoms with Gasteiger partial charge in [0.05, 0.1) is 21.0 Å². The molecule has 0 amide bonds. The number of ether oxygens (including phenoxy) is 2. The van der Waals surface area contributed by atoms with Crippen LogP contribution in [0.2, 0.25) is 0 Å². The van der Waals surface area contributed by atoms with Gasteiger partial charge >= 0.3 is 0 Å². The lowest BCUT2D eigenvalue weighted by Crippen LogP contribution is -2.25. The fourth-order valence-corrected chi connectivity index (χ4v) is 2.61. The van der Waals surface area contributed by atoms with E-state index in [0.29, 0.717) is 19.3 Å². The Hall–Kier alpha value is -1.62. The van der Waals surface area contributed by atoms with Gasteiger partial charge in [0.15, 0.2) is 0 Å². The van der Waals surface area contributed by atoms with Gasteiger partial charge in [-0.15, -0.1) is 0 Å². The van der Waals surface area contributed by atoms with Crippen molar-refractivity contribution in [3.8, 4) is 0 Å². The second-order valence-electron chi connectivity index (χ2n) is 5.61. The number of Topliss-reactive ketones (excluding diaryl/α,β-unsaturated/α-hetero) is 2. The van der Waals surface area contributed by atoms with Crippen LogP contribution in [0.3, 0.4) is 0 Å². The van der Waals surface area contributed by atoms with Crippen molar-refractivity contribution < 1.29 is 35.1 Å². The van der Waals surface area contributed by atoms with Crippen molar-refractivity contribution in [1.82, 2.24) is 0 Å². The molecule has 136 valence electrons. The Morgan fingerprint density at radius 3 is 2.04 bits per heavy atom. The molecule has 0 aromatic carbocycles. The highest BCUT2D eigenvalue weighted by Crippen LogP contribution is 2.28. The van der Waals surface area contributed by atoms with Crippen LogP contribution >= 0.6 is 0 Å². The van der Waals surface area contributed by atoms with Crippen molar-refractivity contribution >= 4 is 11.6 Å². The fraction of sp³-hybridized carbons (Fsp3) is 0.684. The van der Waals surface area contributed by atoms with Crippen LogP contribution < -0.4 is 0 Å². The van der Waals surface area contributed by atoms with Crippen LogP contribution in [0.15, 0.2) is 22.7 Å². The molecule has 5 heteroatoms. The van der Waals surface area contributed by atoms with Crippen LogP contribution in [0.1, 0.15) is 75.6 Å². The van der Waals surface area contributed by atoms with Crippen molar-refractivity contribution in [2.24, 2.45) is 0 Å². The lowest BCUT2D eigenvalue weighted by Gasteiger charge is -2.20. The molecule has 5 nitrogen and oxygen atoms in total. The Kier molecular flexibility index (Phi) is 5.09. The highest BCUT2D eigenvalue weighted by molar-refractivity contribution is 6.23. The number of unbranched alkanes of at least 4 members (excludes halogenated alkanes) is 6. The summed E-state index contributed by atoms with van der Waals surface area (Å²) in [6, 6.07) is 0. The Labute approximate surface area is 156 Å². The number of hydrogen-bond donors (Lipinski definition) is 1. The summed E-state index contributed by atoms with van der Waals surface area (Å²) >= 11 is 0. The summed E-state index contributed by atoms with van der Waals surface area (Å²) in [6.07, 6.45) is 5.07. The van der Waals surface area contributed by atoms with Gasteiger partial charge in [-0.1, -0.05) is 38.5 Å². The first-order valence-corrected chi connectivity index (χ1v) is 8.11. The summed E-state index contributed by atoms with van der Waals surface area (Å²) in [7, 11) is -1.99. The van der Waals surface area contributed by atoms with Crippen LogP contribution in [-0.4, -0.2) is 37.4 Å². The number of hydrogen-bond acceptors (Lipinski definition) is 5. The van der Waals surface area contributed by atoms with E-state index in [1.807, 2.05) is 0 Å². The minimum absolute atomic E-state index is 0.0247. The molecule has 0 aliphatic heterocycles. The molecule has 0 spiro atoms. The molecule has 0 heterocycles. The number of rotatable bonds is 12. The van der Waals surface area contributed by atoms with E-state index < -0.39 is 49.1 Å². The molecule has 0 fully saturated rings. The third-order valence-corrected chi connectivity index (χ3v) is 3.94. The summed E-state index contributed by atoms with van der Waals surface area (Å²) in [5, 5.41) is 9.03. The Morgan fingerprint density at radius 1 is 0.917 bits per heavy atom. The molecule has 0 radical (unpaired) electrons. The predicted molar refractivity (Wildman–Crippen MR) is 92.4 cm³/mol. The standard InChI is InChI=1S/C19H30O5/c1-14-15(12-10-8-6-4-5-7-9-11-13-20)17(22)19(24-3)18(23-2)16(14)21/h20H,4-13H2,1-3H3/i1D3,2D3,13D2. The maximum atomic E-state index is 12.8. The van der Waals surface area contributed by atoms with E-state index in [4.69, 9.17) is 20.8 Å². The van der Waals surface area contributed by atoms with E-state index in [1.165, 1.54) is 0 Å². The zero-order chi connectivity index (χ0) is 24.7. The average molecular weight is 346 g/mol. The molecule has 0 atom stereocenters. The van der Waals surface area contributed by atoms with Crippen LogP contribution in [0.5, 0.6) is 0 Å². The van der Waals surface area contributed by atoms with E-state index in [-0.39, 0.29) is 18.4 Å². The molecule has 1 rings (SSSR count). The molecule has 0 saturated carbocycles. The number of aliphatic hydroxyl groups is 1. The fourth-order valence-electron chi connectivity index (χ4n) is 2.61. The summed E-state index contributed by atoms with van der Waals surface area (Å²) in [6.45, 7) is -5.08. The van der Waals surface area contributed by atoms with Crippen LogP contribution in [0.4, 0.5) is 0 Å². The van der Waals surface area contributed by atoms with Gasteiger partial charge in [-0.05, 0) is 26.1 Å². The van der Waals surface area contributed by atoms with E-state index in [9.17, 15) is 9.59 Å². The van der Waals surface area contributed by atoms with E-state index in [0.717, 1.165) is 32.8 Å². The maximum absolute atomic E-state index is 12.8. The van der Waals surface area contributed by atoms with Gasteiger partial charge in [0.1, 0.15) is 0 Å². The summed E-state index contributed by atoms with van der Waals surface area (Å²) in [5.41, 5.74) is -0.948. The predicted octanol–water partition coefficient (Wildman–Crippen LogP) is 3.46. The number of carbonyl (C=O) groups is 2. The van der Waals surface area contributed by atoms with Gasteiger partial charge in [0.25, 0.3) is 0 Å². The quantitative estimate of drug-likeness (QED) is 0.433. The van der Waals surface area contributed by atoms with Gasteiger partial charge in [-0.3, -0.25) is 9.59 Å². The van der Waals surface area contributed by atoms with E-state index in [1.54, 1.807) is 0 Å². The normalized spacial score (nSPS) is 21.9. The van der Waals surface area contributed by atoms with Crippen LogP contribution in [0, 0.1) is 0 Å². The third-order valence-electron chi connectivity index (χ3n) is 3.94. The van der Waals surface area contributed by atoms with Crippen molar-refractivity contribution in [3.05, 3.63) is 22.7 Å². The number of allylic oxidation sites excluding steroid dienone is 2. The van der Waals surface area contributed by atoms with Crippen molar-refractivity contribution in [2.45, 2.75) is 64.6 Å². The van der Waals surface area contributed by atoms with Gasteiger partial charge in [-0.25, -0.2) is 0 Å². The third kappa shape index (κ3) is 5.48. The highest BCUT2D eigenvalue weighted by Gasteiger charge is 2.34. The summed E-state index contributed by atoms with van der Waals surface area (Å²) in [4.78, 5) is 25.6. The smallest absolute Gasteiger partial charge is 0.228 e. The zero-order valence-electron chi connectivity index (χ0n) is 21.9. The lowest BCUT2D eigenvalue weighted by molar-refractivity contribution is -0.121. The second kappa shape index (κ2) is 11.0. The van der Waals surface area contributed by atoms with E-state index in [2.05, 4.69) is 4.74 Å². The average Bonchev–Trinajstić information content (AvgIpc) is 2.61. The molecule has 0 aromatic rings. The van der Waals surface area contributed by atoms with Gasteiger partial charge in [0, 0.05) is 21.8 Å². The van der Waals surface area contributed by atoms with Gasteiger partial charge in [0.2, 0.25) is 23.1 Å².